The predicted molar refractivity (Wildman–Crippen MR) is 75.2 cm³/mol. The average molecular weight is 279 g/mol. The van der Waals surface area contributed by atoms with Gasteiger partial charge in [0.2, 0.25) is 5.89 Å². The van der Waals surface area contributed by atoms with Crippen molar-refractivity contribution < 1.29 is 9.63 Å². The monoisotopic (exact) mass is 279 g/mol. The van der Waals surface area contributed by atoms with Gasteiger partial charge in [0.1, 0.15) is 0 Å². The molecule has 1 aliphatic carbocycles. The number of nitrogens with zero attached hydrogens (tertiary/aromatic N) is 3. The molecule has 1 aromatic rings. The molecule has 1 aromatic heterocycles. The molecule has 2 fully saturated rings. The fourth-order valence-electron chi connectivity index (χ4n) is 3.12. The molecule has 1 saturated heterocycles. The minimum absolute atomic E-state index is 0.243. The zero-order valence-electron chi connectivity index (χ0n) is 12.3. The maximum absolute atomic E-state index is 9.69. The van der Waals surface area contributed by atoms with E-state index in [0.717, 1.165) is 37.6 Å². The van der Waals surface area contributed by atoms with E-state index in [2.05, 4.69) is 15.0 Å². The third-order valence-corrected chi connectivity index (χ3v) is 4.37. The van der Waals surface area contributed by atoms with Crippen LogP contribution in [-0.4, -0.2) is 38.8 Å². The van der Waals surface area contributed by atoms with Gasteiger partial charge < -0.3 is 9.63 Å². The lowest BCUT2D eigenvalue weighted by Crippen LogP contribution is -2.36. The number of hydrogen-bond acceptors (Lipinski definition) is 5. The molecule has 5 heteroatoms. The van der Waals surface area contributed by atoms with Crippen molar-refractivity contribution in [3.8, 4) is 0 Å². The third-order valence-electron chi connectivity index (χ3n) is 4.37. The molecule has 112 valence electrons. The van der Waals surface area contributed by atoms with Crippen LogP contribution in [0.2, 0.25) is 0 Å². The molecule has 0 aromatic carbocycles. The lowest BCUT2D eigenvalue weighted by molar-refractivity contribution is 0.106. The minimum Gasteiger partial charge on any atom is -0.393 e. The summed E-state index contributed by atoms with van der Waals surface area (Å²) in [5, 5.41) is 13.8. The first kappa shape index (κ1) is 14.0. The highest BCUT2D eigenvalue weighted by Crippen LogP contribution is 2.38. The first-order valence-electron chi connectivity index (χ1n) is 7.97. The second-order valence-corrected chi connectivity index (χ2v) is 6.38. The Bertz CT molecular complexity index is 429. The first-order valence-corrected chi connectivity index (χ1v) is 7.97. The van der Waals surface area contributed by atoms with Crippen LogP contribution in [-0.2, 0) is 6.54 Å². The molecule has 0 amide bonds. The van der Waals surface area contributed by atoms with Gasteiger partial charge in [0.25, 0.3) is 0 Å². The van der Waals surface area contributed by atoms with Crippen LogP contribution in [0.3, 0.4) is 0 Å². The van der Waals surface area contributed by atoms with Crippen molar-refractivity contribution >= 4 is 0 Å². The van der Waals surface area contributed by atoms with Gasteiger partial charge in [-0.25, -0.2) is 0 Å². The molecule has 2 aliphatic rings. The summed E-state index contributed by atoms with van der Waals surface area (Å²) in [5.41, 5.74) is 0. The van der Waals surface area contributed by atoms with E-state index in [-0.39, 0.29) is 6.10 Å². The lowest BCUT2D eigenvalue weighted by Gasteiger charge is -2.29. The molecular formula is C15H25N3O2. The van der Waals surface area contributed by atoms with Crippen molar-refractivity contribution in [2.45, 2.75) is 76.5 Å². The Labute approximate surface area is 120 Å². The summed E-state index contributed by atoms with van der Waals surface area (Å²) < 4.78 is 5.34. The number of aromatic nitrogens is 2. The smallest absolute Gasteiger partial charge is 0.229 e. The number of hydrogen-bond donors (Lipinski definition) is 1. The van der Waals surface area contributed by atoms with E-state index in [1.54, 1.807) is 0 Å². The molecule has 0 bridgehead atoms. The molecule has 2 heterocycles. The van der Waals surface area contributed by atoms with Gasteiger partial charge in [-0.05, 0) is 45.6 Å². The Hall–Kier alpha value is -0.940. The molecule has 2 unspecified atom stereocenters. The van der Waals surface area contributed by atoms with Gasteiger partial charge in [0, 0.05) is 12.0 Å². The molecular weight excluding hydrogens is 254 g/mol. The summed E-state index contributed by atoms with van der Waals surface area (Å²) in [5.74, 6) is 2.15. The normalized spacial score (nSPS) is 26.4. The summed E-state index contributed by atoms with van der Waals surface area (Å²) in [6.45, 7) is 3.71. The SMILES string of the molecule is CC(O)CC1CCCCCN1Cc1noc(C2CC2)n1. The van der Waals surface area contributed by atoms with Crippen molar-refractivity contribution in [3.05, 3.63) is 11.7 Å². The van der Waals surface area contributed by atoms with E-state index >= 15 is 0 Å². The van der Waals surface area contributed by atoms with Crippen LogP contribution >= 0.6 is 0 Å². The van der Waals surface area contributed by atoms with Gasteiger partial charge in [-0.15, -0.1) is 0 Å². The van der Waals surface area contributed by atoms with Crippen LogP contribution in [0.15, 0.2) is 4.52 Å². The van der Waals surface area contributed by atoms with Crippen LogP contribution in [0.1, 0.15) is 69.5 Å². The first-order chi connectivity index (χ1) is 9.72. The molecule has 3 rings (SSSR count). The Kier molecular flexibility index (Phi) is 4.36. The maximum atomic E-state index is 9.69. The summed E-state index contributed by atoms with van der Waals surface area (Å²) in [4.78, 5) is 6.96. The topological polar surface area (TPSA) is 62.4 Å². The second-order valence-electron chi connectivity index (χ2n) is 6.38. The lowest BCUT2D eigenvalue weighted by atomic mass is 10.0. The van der Waals surface area contributed by atoms with Gasteiger partial charge in [-0.3, -0.25) is 4.90 Å². The average Bonchev–Trinajstić information content (AvgIpc) is 3.18. The molecule has 2 atom stereocenters. The van der Waals surface area contributed by atoms with Gasteiger partial charge >= 0.3 is 0 Å². The summed E-state index contributed by atoms with van der Waals surface area (Å²) in [6, 6.07) is 0.445. The highest BCUT2D eigenvalue weighted by Gasteiger charge is 2.30. The quantitative estimate of drug-likeness (QED) is 0.897. The zero-order valence-corrected chi connectivity index (χ0v) is 12.3. The van der Waals surface area contributed by atoms with E-state index < -0.39 is 0 Å². The van der Waals surface area contributed by atoms with E-state index in [9.17, 15) is 5.11 Å². The maximum Gasteiger partial charge on any atom is 0.229 e. The Morgan fingerprint density at radius 1 is 1.30 bits per heavy atom. The largest absolute Gasteiger partial charge is 0.393 e. The van der Waals surface area contributed by atoms with Crippen molar-refractivity contribution in [2.75, 3.05) is 6.54 Å². The van der Waals surface area contributed by atoms with Crippen LogP contribution in [0.25, 0.3) is 0 Å². The second kappa shape index (κ2) is 6.22. The zero-order chi connectivity index (χ0) is 13.9. The standard InChI is InChI=1S/C15H25N3O2/c1-11(19)9-13-5-3-2-4-8-18(13)10-14-16-15(20-17-14)12-6-7-12/h11-13,19H,2-10H2,1H3. The van der Waals surface area contributed by atoms with Crippen molar-refractivity contribution in [1.82, 2.24) is 15.0 Å². The Morgan fingerprint density at radius 2 is 2.15 bits per heavy atom. The van der Waals surface area contributed by atoms with Crippen molar-refractivity contribution in [3.63, 3.8) is 0 Å². The van der Waals surface area contributed by atoms with Gasteiger partial charge in [0.05, 0.1) is 12.6 Å². The third kappa shape index (κ3) is 3.58. The summed E-state index contributed by atoms with van der Waals surface area (Å²) >= 11 is 0. The summed E-state index contributed by atoms with van der Waals surface area (Å²) in [7, 11) is 0. The number of aliphatic hydroxyl groups excluding tert-OH is 1. The number of rotatable bonds is 5. The van der Waals surface area contributed by atoms with Gasteiger partial charge in [0.15, 0.2) is 5.82 Å². The van der Waals surface area contributed by atoms with Gasteiger partial charge in [-0.1, -0.05) is 18.0 Å². The molecule has 20 heavy (non-hydrogen) atoms. The van der Waals surface area contributed by atoms with E-state index in [4.69, 9.17) is 4.52 Å². The van der Waals surface area contributed by atoms with E-state index in [1.807, 2.05) is 6.92 Å². The predicted octanol–water partition coefficient (Wildman–Crippen LogP) is 2.46. The Balaban J connectivity index is 1.64. The molecule has 1 aliphatic heterocycles. The van der Waals surface area contributed by atoms with E-state index in [1.165, 1.54) is 32.1 Å². The minimum atomic E-state index is -0.243. The fourth-order valence-corrected chi connectivity index (χ4v) is 3.12. The summed E-state index contributed by atoms with van der Waals surface area (Å²) in [6.07, 6.45) is 7.91. The number of likely N-dealkylation sites (tertiary alicyclic amines) is 1. The highest BCUT2D eigenvalue weighted by molar-refractivity contribution is 5.01. The van der Waals surface area contributed by atoms with E-state index in [0.29, 0.717) is 12.0 Å². The van der Waals surface area contributed by atoms with Gasteiger partial charge in [-0.2, -0.15) is 4.98 Å². The highest BCUT2D eigenvalue weighted by atomic mass is 16.5. The van der Waals surface area contributed by atoms with Crippen molar-refractivity contribution in [2.24, 2.45) is 0 Å². The van der Waals surface area contributed by atoms with Crippen LogP contribution < -0.4 is 0 Å². The molecule has 1 saturated carbocycles. The molecule has 1 N–H and O–H groups in total. The van der Waals surface area contributed by atoms with Crippen molar-refractivity contribution in [1.29, 1.82) is 0 Å². The van der Waals surface area contributed by atoms with Crippen LogP contribution in [0.5, 0.6) is 0 Å². The number of aliphatic hydroxyl groups is 1. The van der Waals surface area contributed by atoms with Crippen LogP contribution in [0, 0.1) is 0 Å². The Morgan fingerprint density at radius 3 is 2.90 bits per heavy atom. The molecule has 5 nitrogen and oxygen atoms in total. The fraction of sp³-hybridized carbons (Fsp3) is 0.867. The molecule has 0 radical (unpaired) electrons. The van der Waals surface area contributed by atoms with Crippen LogP contribution in [0.4, 0.5) is 0 Å². The molecule has 0 spiro atoms.